The summed E-state index contributed by atoms with van der Waals surface area (Å²) >= 11 is 5.16. The second-order valence-electron chi connectivity index (χ2n) is 6.42. The fraction of sp³-hybridized carbons (Fsp3) is 0.300. The maximum absolute atomic E-state index is 12.9. The molecule has 1 unspecified atom stereocenters. The Morgan fingerprint density at radius 3 is 2.76 bits per heavy atom. The summed E-state index contributed by atoms with van der Waals surface area (Å²) < 4.78 is 2.23. The van der Waals surface area contributed by atoms with Gasteiger partial charge in [0, 0.05) is 11.0 Å². The largest absolute Gasteiger partial charge is 0.333 e. The van der Waals surface area contributed by atoms with Crippen molar-refractivity contribution in [1.82, 2.24) is 9.88 Å². The third-order valence-corrected chi connectivity index (χ3v) is 6.35. The first-order valence-corrected chi connectivity index (χ1v) is 10.2. The predicted molar refractivity (Wildman–Crippen MR) is 106 cm³/mol. The quantitative estimate of drug-likeness (QED) is 0.578. The molecule has 1 fully saturated rings. The first kappa shape index (κ1) is 16.7. The molecule has 1 atom stereocenters. The summed E-state index contributed by atoms with van der Waals surface area (Å²) in [5, 5.41) is 1.07. The van der Waals surface area contributed by atoms with Gasteiger partial charge in [0.2, 0.25) is 5.91 Å². The van der Waals surface area contributed by atoms with Gasteiger partial charge in [-0.2, -0.15) is 0 Å². The van der Waals surface area contributed by atoms with Crippen molar-refractivity contribution in [3.05, 3.63) is 63.6 Å². The Bertz CT molecular complexity index is 857. The predicted octanol–water partition coefficient (Wildman–Crippen LogP) is 5.36. The van der Waals surface area contributed by atoms with Gasteiger partial charge < -0.3 is 4.90 Å². The highest BCUT2D eigenvalue weighted by Crippen LogP contribution is 2.35. The van der Waals surface area contributed by atoms with Crippen LogP contribution in [0.1, 0.15) is 35.9 Å². The van der Waals surface area contributed by atoms with Gasteiger partial charge in [-0.1, -0.05) is 40.2 Å². The van der Waals surface area contributed by atoms with Crippen LogP contribution in [0.3, 0.4) is 0 Å². The maximum Gasteiger partial charge on any atom is 0.227 e. The number of fused-ring (bicyclic) bond motifs is 1. The van der Waals surface area contributed by atoms with Crippen LogP contribution in [0.5, 0.6) is 0 Å². The van der Waals surface area contributed by atoms with E-state index in [0.29, 0.717) is 6.42 Å². The SMILES string of the molecule is O=C(Cc1ccc(Br)cc1)N1CCCCC1c1nc2ccccc2s1. The number of likely N-dealkylation sites (tertiary alicyclic amines) is 1. The highest BCUT2D eigenvalue weighted by molar-refractivity contribution is 9.10. The zero-order valence-corrected chi connectivity index (χ0v) is 16.2. The molecule has 0 radical (unpaired) electrons. The summed E-state index contributed by atoms with van der Waals surface area (Å²) in [6, 6.07) is 16.3. The second kappa shape index (κ2) is 7.26. The van der Waals surface area contributed by atoms with E-state index in [9.17, 15) is 4.79 Å². The summed E-state index contributed by atoms with van der Waals surface area (Å²) in [6.45, 7) is 0.829. The zero-order chi connectivity index (χ0) is 17.2. The normalized spacial score (nSPS) is 17.8. The molecule has 0 N–H and O–H groups in total. The molecule has 25 heavy (non-hydrogen) atoms. The van der Waals surface area contributed by atoms with Crippen molar-refractivity contribution < 1.29 is 4.79 Å². The molecule has 2 aromatic carbocycles. The molecule has 1 aliphatic rings. The highest BCUT2D eigenvalue weighted by atomic mass is 79.9. The van der Waals surface area contributed by atoms with E-state index in [4.69, 9.17) is 4.98 Å². The van der Waals surface area contributed by atoms with Gasteiger partial charge in [0.15, 0.2) is 0 Å². The number of para-hydroxylation sites is 1. The number of hydrogen-bond acceptors (Lipinski definition) is 3. The van der Waals surface area contributed by atoms with Gasteiger partial charge >= 0.3 is 0 Å². The number of rotatable bonds is 3. The molecule has 0 saturated carbocycles. The van der Waals surface area contributed by atoms with Crippen LogP contribution in [0.4, 0.5) is 0 Å². The minimum Gasteiger partial charge on any atom is -0.333 e. The lowest BCUT2D eigenvalue weighted by Gasteiger charge is -2.34. The van der Waals surface area contributed by atoms with E-state index in [-0.39, 0.29) is 11.9 Å². The number of hydrogen-bond donors (Lipinski definition) is 0. The lowest BCUT2D eigenvalue weighted by Crippen LogP contribution is -2.39. The number of aromatic nitrogens is 1. The molecule has 1 aliphatic heterocycles. The third-order valence-electron chi connectivity index (χ3n) is 4.69. The zero-order valence-electron chi connectivity index (χ0n) is 13.8. The minimum absolute atomic E-state index is 0.120. The molecule has 5 heteroatoms. The molecule has 1 saturated heterocycles. The summed E-state index contributed by atoms with van der Waals surface area (Å²) in [5.74, 6) is 0.200. The Morgan fingerprint density at radius 2 is 1.96 bits per heavy atom. The van der Waals surface area contributed by atoms with Crippen molar-refractivity contribution in [1.29, 1.82) is 0 Å². The Hall–Kier alpha value is -1.72. The lowest BCUT2D eigenvalue weighted by molar-refractivity contribution is -0.134. The molecule has 1 aromatic heterocycles. The third kappa shape index (κ3) is 3.62. The van der Waals surface area contributed by atoms with Crippen molar-refractivity contribution in [2.75, 3.05) is 6.54 Å². The van der Waals surface area contributed by atoms with E-state index in [1.165, 1.54) is 4.70 Å². The van der Waals surface area contributed by atoms with E-state index in [2.05, 4.69) is 22.0 Å². The van der Waals surface area contributed by atoms with Crippen LogP contribution in [-0.2, 0) is 11.2 Å². The van der Waals surface area contributed by atoms with Gasteiger partial charge in [-0.15, -0.1) is 11.3 Å². The van der Waals surface area contributed by atoms with E-state index < -0.39 is 0 Å². The van der Waals surface area contributed by atoms with Gasteiger partial charge in [-0.3, -0.25) is 4.79 Å². The Kier molecular flexibility index (Phi) is 4.86. The number of piperidine rings is 1. The molecule has 0 aliphatic carbocycles. The Balaban J connectivity index is 1.57. The van der Waals surface area contributed by atoms with E-state index in [1.807, 2.05) is 47.4 Å². The fourth-order valence-electron chi connectivity index (χ4n) is 3.40. The molecular formula is C20H19BrN2OS. The number of halogens is 1. The monoisotopic (exact) mass is 414 g/mol. The van der Waals surface area contributed by atoms with Crippen LogP contribution < -0.4 is 0 Å². The van der Waals surface area contributed by atoms with Crippen LogP contribution >= 0.6 is 27.3 Å². The highest BCUT2D eigenvalue weighted by Gasteiger charge is 2.30. The molecule has 3 aromatic rings. The average molecular weight is 415 g/mol. The fourth-order valence-corrected chi connectivity index (χ4v) is 4.78. The Labute approximate surface area is 159 Å². The molecule has 4 rings (SSSR count). The first-order chi connectivity index (χ1) is 12.2. The van der Waals surface area contributed by atoms with Crippen molar-refractivity contribution in [3.8, 4) is 0 Å². The van der Waals surface area contributed by atoms with Gasteiger partial charge in [-0.25, -0.2) is 4.98 Å². The maximum atomic E-state index is 12.9. The van der Waals surface area contributed by atoms with Crippen LogP contribution in [0.15, 0.2) is 53.0 Å². The van der Waals surface area contributed by atoms with Gasteiger partial charge in [-0.05, 0) is 49.1 Å². The molecule has 3 nitrogen and oxygen atoms in total. The Morgan fingerprint density at radius 1 is 1.16 bits per heavy atom. The van der Waals surface area contributed by atoms with Gasteiger partial charge in [0.25, 0.3) is 0 Å². The lowest BCUT2D eigenvalue weighted by atomic mass is 10.0. The van der Waals surface area contributed by atoms with Crippen molar-refractivity contribution >= 4 is 43.4 Å². The molecular weight excluding hydrogens is 396 g/mol. The van der Waals surface area contributed by atoms with Gasteiger partial charge in [0.05, 0.1) is 22.7 Å². The smallest absolute Gasteiger partial charge is 0.227 e. The molecule has 0 bridgehead atoms. The standard InChI is InChI=1S/C20H19BrN2OS/c21-15-10-8-14(9-11-15)13-19(24)23-12-4-3-6-17(23)20-22-16-5-1-2-7-18(16)25-20/h1-2,5,7-11,17H,3-4,6,12-13H2. The summed E-state index contributed by atoms with van der Waals surface area (Å²) in [5.41, 5.74) is 2.09. The number of carbonyl (C=O) groups excluding carboxylic acids is 1. The van der Waals surface area contributed by atoms with Crippen LogP contribution in [0.2, 0.25) is 0 Å². The number of nitrogens with zero attached hydrogens (tertiary/aromatic N) is 2. The molecule has 2 heterocycles. The van der Waals surface area contributed by atoms with Crippen LogP contribution in [0.25, 0.3) is 10.2 Å². The van der Waals surface area contributed by atoms with E-state index in [0.717, 1.165) is 46.4 Å². The van der Waals surface area contributed by atoms with Crippen LogP contribution in [-0.4, -0.2) is 22.3 Å². The van der Waals surface area contributed by atoms with Crippen molar-refractivity contribution in [3.63, 3.8) is 0 Å². The van der Waals surface area contributed by atoms with E-state index in [1.54, 1.807) is 11.3 Å². The summed E-state index contributed by atoms with van der Waals surface area (Å²) in [7, 11) is 0. The number of benzene rings is 2. The van der Waals surface area contributed by atoms with E-state index >= 15 is 0 Å². The molecule has 1 amide bonds. The first-order valence-electron chi connectivity index (χ1n) is 8.60. The molecule has 128 valence electrons. The van der Waals surface area contributed by atoms with Crippen molar-refractivity contribution in [2.45, 2.75) is 31.7 Å². The van der Waals surface area contributed by atoms with Crippen molar-refractivity contribution in [2.24, 2.45) is 0 Å². The summed E-state index contributed by atoms with van der Waals surface area (Å²) in [6.07, 6.45) is 3.69. The number of carbonyl (C=O) groups is 1. The second-order valence-corrected chi connectivity index (χ2v) is 8.40. The minimum atomic E-state index is 0.120. The topological polar surface area (TPSA) is 33.2 Å². The van der Waals surface area contributed by atoms with Gasteiger partial charge in [0.1, 0.15) is 5.01 Å². The summed E-state index contributed by atoms with van der Waals surface area (Å²) in [4.78, 5) is 19.8. The number of amides is 1. The van der Waals surface area contributed by atoms with Crippen LogP contribution in [0, 0.1) is 0 Å². The molecule has 0 spiro atoms. The number of thiazole rings is 1. The average Bonchev–Trinajstić information content (AvgIpc) is 3.07.